The number of nitrogen functional groups attached to an aromatic ring is 1. The third-order valence-electron chi connectivity index (χ3n) is 3.31. The number of non-ortho nitro benzene ring substituents is 1. The van der Waals surface area contributed by atoms with Crippen molar-refractivity contribution in [3.05, 3.63) is 52.1 Å². The third-order valence-corrected chi connectivity index (χ3v) is 3.31. The monoisotopic (exact) mass is 268 g/mol. The van der Waals surface area contributed by atoms with Crippen molar-refractivity contribution in [1.29, 1.82) is 0 Å². The summed E-state index contributed by atoms with van der Waals surface area (Å²) in [5, 5.41) is 18.9. The first-order valence-electron chi connectivity index (χ1n) is 6.06. The standard InChI is InChI=1S/C14H12N4O2/c1-8-5-6-9(18(19)20)7-10(8)14-13-11(15)3-2-4-12(13)16-17-14/h2-7H,15H2,1H3,(H,16,17). The summed E-state index contributed by atoms with van der Waals surface area (Å²) >= 11 is 0. The Labute approximate surface area is 114 Å². The van der Waals surface area contributed by atoms with Gasteiger partial charge in [-0.05, 0) is 24.6 Å². The number of nitro groups is 1. The SMILES string of the molecule is Cc1ccc([N+](=O)[O-])cc1-c1n[nH]c2cccc(N)c12. The maximum atomic E-state index is 10.9. The van der Waals surface area contributed by atoms with E-state index in [2.05, 4.69) is 10.2 Å². The molecule has 0 spiro atoms. The van der Waals surface area contributed by atoms with Crippen LogP contribution in [0.4, 0.5) is 11.4 Å². The van der Waals surface area contributed by atoms with E-state index in [-0.39, 0.29) is 5.69 Å². The molecule has 0 saturated carbocycles. The van der Waals surface area contributed by atoms with Crippen LogP contribution in [0.25, 0.3) is 22.2 Å². The lowest BCUT2D eigenvalue weighted by molar-refractivity contribution is -0.384. The van der Waals surface area contributed by atoms with Crippen molar-refractivity contribution < 1.29 is 4.92 Å². The second kappa shape index (κ2) is 4.34. The fourth-order valence-corrected chi connectivity index (χ4v) is 2.27. The van der Waals surface area contributed by atoms with Gasteiger partial charge in [0.15, 0.2) is 0 Å². The highest BCUT2D eigenvalue weighted by Crippen LogP contribution is 2.34. The van der Waals surface area contributed by atoms with E-state index in [1.165, 1.54) is 12.1 Å². The largest absolute Gasteiger partial charge is 0.398 e. The van der Waals surface area contributed by atoms with Gasteiger partial charge in [-0.1, -0.05) is 12.1 Å². The first kappa shape index (κ1) is 12.2. The number of aromatic amines is 1. The second-order valence-corrected chi connectivity index (χ2v) is 4.60. The lowest BCUT2D eigenvalue weighted by atomic mass is 10.0. The van der Waals surface area contributed by atoms with Crippen molar-refractivity contribution in [2.24, 2.45) is 0 Å². The van der Waals surface area contributed by atoms with Crippen LogP contribution in [-0.2, 0) is 0 Å². The number of aromatic nitrogens is 2. The minimum absolute atomic E-state index is 0.0382. The molecule has 2 aromatic carbocycles. The summed E-state index contributed by atoms with van der Waals surface area (Å²) < 4.78 is 0. The number of rotatable bonds is 2. The van der Waals surface area contributed by atoms with Gasteiger partial charge in [0.05, 0.1) is 15.8 Å². The third kappa shape index (κ3) is 1.78. The van der Waals surface area contributed by atoms with Gasteiger partial charge in [-0.2, -0.15) is 5.10 Å². The summed E-state index contributed by atoms with van der Waals surface area (Å²) in [6.07, 6.45) is 0. The fraction of sp³-hybridized carbons (Fsp3) is 0.0714. The predicted octanol–water partition coefficient (Wildman–Crippen LogP) is 3.03. The average molecular weight is 268 g/mol. The summed E-state index contributed by atoms with van der Waals surface area (Å²) in [5.74, 6) is 0. The molecule has 0 unspecified atom stereocenters. The van der Waals surface area contributed by atoms with E-state index in [0.717, 1.165) is 16.5 Å². The zero-order chi connectivity index (χ0) is 14.3. The van der Waals surface area contributed by atoms with Crippen LogP contribution in [0.2, 0.25) is 0 Å². The van der Waals surface area contributed by atoms with E-state index in [4.69, 9.17) is 5.73 Å². The zero-order valence-corrected chi connectivity index (χ0v) is 10.8. The highest BCUT2D eigenvalue weighted by Gasteiger charge is 2.16. The molecule has 1 heterocycles. The second-order valence-electron chi connectivity index (χ2n) is 4.60. The molecule has 3 rings (SSSR count). The lowest BCUT2D eigenvalue weighted by Crippen LogP contribution is -1.92. The quantitative estimate of drug-likeness (QED) is 0.424. The van der Waals surface area contributed by atoms with E-state index in [0.29, 0.717) is 16.9 Å². The van der Waals surface area contributed by atoms with Crippen LogP contribution in [0.15, 0.2) is 36.4 Å². The van der Waals surface area contributed by atoms with Crippen molar-refractivity contribution in [3.8, 4) is 11.3 Å². The number of hydrogen-bond acceptors (Lipinski definition) is 4. The van der Waals surface area contributed by atoms with Crippen LogP contribution in [0.1, 0.15) is 5.56 Å². The molecular weight excluding hydrogens is 256 g/mol. The van der Waals surface area contributed by atoms with Gasteiger partial charge in [-0.15, -0.1) is 0 Å². The Morgan fingerprint density at radius 3 is 2.85 bits per heavy atom. The van der Waals surface area contributed by atoms with Crippen LogP contribution in [0.5, 0.6) is 0 Å². The first-order valence-corrected chi connectivity index (χ1v) is 6.06. The van der Waals surface area contributed by atoms with E-state index in [9.17, 15) is 10.1 Å². The Bertz CT molecular complexity index is 823. The minimum atomic E-state index is -0.416. The Kier molecular flexibility index (Phi) is 2.64. The zero-order valence-electron chi connectivity index (χ0n) is 10.8. The van der Waals surface area contributed by atoms with Gasteiger partial charge >= 0.3 is 0 Å². The van der Waals surface area contributed by atoms with Gasteiger partial charge < -0.3 is 5.73 Å². The molecule has 0 bridgehead atoms. The molecule has 6 heteroatoms. The molecule has 1 aromatic heterocycles. The van der Waals surface area contributed by atoms with Crippen LogP contribution in [0.3, 0.4) is 0 Å². The van der Waals surface area contributed by atoms with Gasteiger partial charge in [0.2, 0.25) is 0 Å². The average Bonchev–Trinajstić information content (AvgIpc) is 2.84. The van der Waals surface area contributed by atoms with Gasteiger partial charge in [-0.3, -0.25) is 15.2 Å². The summed E-state index contributed by atoms with van der Waals surface area (Å²) in [6.45, 7) is 1.89. The summed E-state index contributed by atoms with van der Waals surface area (Å²) in [4.78, 5) is 10.5. The molecule has 3 aromatic rings. The Morgan fingerprint density at radius 2 is 2.10 bits per heavy atom. The van der Waals surface area contributed by atoms with Crippen LogP contribution in [-0.4, -0.2) is 15.1 Å². The molecule has 0 fully saturated rings. The number of hydrogen-bond donors (Lipinski definition) is 2. The Balaban J connectivity index is 2.31. The van der Waals surface area contributed by atoms with Crippen molar-refractivity contribution in [2.45, 2.75) is 6.92 Å². The molecule has 3 N–H and O–H groups in total. The Morgan fingerprint density at radius 1 is 1.30 bits per heavy atom. The van der Waals surface area contributed by atoms with Crippen molar-refractivity contribution in [2.75, 3.05) is 5.73 Å². The molecule has 0 aliphatic heterocycles. The summed E-state index contributed by atoms with van der Waals surface area (Å²) in [7, 11) is 0. The first-order chi connectivity index (χ1) is 9.58. The molecule has 0 radical (unpaired) electrons. The molecular formula is C14H12N4O2. The highest BCUT2D eigenvalue weighted by molar-refractivity contribution is 6.01. The predicted molar refractivity (Wildman–Crippen MR) is 77.3 cm³/mol. The topological polar surface area (TPSA) is 97.8 Å². The molecule has 6 nitrogen and oxygen atoms in total. The van der Waals surface area contributed by atoms with Crippen molar-refractivity contribution in [3.63, 3.8) is 0 Å². The van der Waals surface area contributed by atoms with Gasteiger partial charge in [0, 0.05) is 23.4 Å². The minimum Gasteiger partial charge on any atom is -0.398 e. The number of aryl methyl sites for hydroxylation is 1. The van der Waals surface area contributed by atoms with E-state index in [1.807, 2.05) is 19.1 Å². The van der Waals surface area contributed by atoms with Crippen LogP contribution in [0, 0.1) is 17.0 Å². The number of nitrogens with one attached hydrogen (secondary N) is 1. The summed E-state index contributed by atoms with van der Waals surface area (Å²) in [5.41, 5.74) is 9.70. The van der Waals surface area contributed by atoms with Gasteiger partial charge in [0.25, 0.3) is 5.69 Å². The number of H-pyrrole nitrogens is 1. The molecule has 0 atom stereocenters. The number of fused-ring (bicyclic) bond motifs is 1. The number of benzene rings is 2. The number of nitro benzene ring substituents is 1. The fourth-order valence-electron chi connectivity index (χ4n) is 2.27. The summed E-state index contributed by atoms with van der Waals surface area (Å²) in [6, 6.07) is 10.2. The lowest BCUT2D eigenvalue weighted by Gasteiger charge is -2.04. The van der Waals surface area contributed by atoms with Gasteiger partial charge in [-0.25, -0.2) is 0 Å². The molecule has 100 valence electrons. The maximum absolute atomic E-state index is 10.9. The highest BCUT2D eigenvalue weighted by atomic mass is 16.6. The smallest absolute Gasteiger partial charge is 0.270 e. The number of nitrogens with zero attached hydrogens (tertiary/aromatic N) is 2. The van der Waals surface area contributed by atoms with Crippen molar-refractivity contribution in [1.82, 2.24) is 10.2 Å². The molecule has 0 aliphatic carbocycles. The molecule has 0 saturated heterocycles. The number of anilines is 1. The van der Waals surface area contributed by atoms with Crippen LogP contribution >= 0.6 is 0 Å². The molecule has 20 heavy (non-hydrogen) atoms. The van der Waals surface area contributed by atoms with Gasteiger partial charge in [0.1, 0.15) is 5.69 Å². The normalized spacial score (nSPS) is 10.8. The number of nitrogens with two attached hydrogens (primary N) is 1. The molecule has 0 aliphatic rings. The van der Waals surface area contributed by atoms with Crippen LogP contribution < -0.4 is 5.73 Å². The van der Waals surface area contributed by atoms with E-state index >= 15 is 0 Å². The maximum Gasteiger partial charge on any atom is 0.270 e. The molecule has 0 amide bonds. The van der Waals surface area contributed by atoms with E-state index in [1.54, 1.807) is 12.1 Å². The Hall–Kier alpha value is -2.89. The van der Waals surface area contributed by atoms with Crippen molar-refractivity contribution >= 4 is 22.3 Å². The van der Waals surface area contributed by atoms with E-state index < -0.39 is 4.92 Å².